The standard InChI is InChI=1S/C23H23ClF2N4O5S/c1-2-34-23(33)19-16(9-30-8-15(26)17(10-30)35-11-18(31)32)28-21(22-27-5-6-36-22)29-20(19)13-4-3-12(25)7-14(13)24/h3-7,15,17,20H,2,8-11H2,1H3,(H,28,29)(H,31,32)/t15-,17-,20?/m1/s1. The van der Waals surface area contributed by atoms with Gasteiger partial charge in [-0.05, 0) is 19.1 Å². The molecule has 2 aromatic rings. The van der Waals surface area contributed by atoms with E-state index in [1.165, 1.54) is 23.5 Å². The van der Waals surface area contributed by atoms with Gasteiger partial charge in [-0.2, -0.15) is 0 Å². The second kappa shape index (κ2) is 11.4. The average Bonchev–Trinajstić information content (AvgIpc) is 3.47. The summed E-state index contributed by atoms with van der Waals surface area (Å²) in [5.74, 6) is -2.01. The molecular formula is C23H23ClF2N4O5S. The number of carbonyl (C=O) groups is 2. The van der Waals surface area contributed by atoms with Crippen LogP contribution in [0.1, 0.15) is 23.5 Å². The summed E-state index contributed by atoms with van der Waals surface area (Å²) < 4.78 is 38.9. The summed E-state index contributed by atoms with van der Waals surface area (Å²) >= 11 is 7.68. The molecule has 36 heavy (non-hydrogen) atoms. The first kappa shape index (κ1) is 26.1. The number of rotatable bonds is 9. The zero-order chi connectivity index (χ0) is 25.8. The van der Waals surface area contributed by atoms with Crippen molar-refractivity contribution in [3.8, 4) is 0 Å². The second-order valence-electron chi connectivity index (χ2n) is 8.07. The summed E-state index contributed by atoms with van der Waals surface area (Å²) in [6, 6.07) is 2.88. The lowest BCUT2D eigenvalue weighted by Crippen LogP contribution is -2.39. The Labute approximate surface area is 214 Å². The molecule has 0 saturated carbocycles. The average molecular weight is 541 g/mol. The molecule has 2 aliphatic heterocycles. The highest BCUT2D eigenvalue weighted by atomic mass is 35.5. The smallest absolute Gasteiger partial charge is 0.338 e. The predicted molar refractivity (Wildman–Crippen MR) is 128 cm³/mol. The Bertz CT molecular complexity index is 1190. The molecule has 3 heterocycles. The number of hydrogen-bond donors (Lipinski definition) is 2. The summed E-state index contributed by atoms with van der Waals surface area (Å²) in [4.78, 5) is 34.6. The van der Waals surface area contributed by atoms with E-state index in [4.69, 9.17) is 26.2 Å². The number of aliphatic imine (C=N–C) groups is 1. The van der Waals surface area contributed by atoms with Crippen LogP contribution >= 0.6 is 22.9 Å². The van der Waals surface area contributed by atoms with E-state index in [2.05, 4.69) is 15.3 Å². The molecule has 0 spiro atoms. The fraction of sp³-hybridized carbons (Fsp3) is 0.391. The molecule has 13 heteroatoms. The molecule has 1 aromatic heterocycles. The highest BCUT2D eigenvalue weighted by Gasteiger charge is 2.38. The highest BCUT2D eigenvalue weighted by Crippen LogP contribution is 2.37. The first-order valence-electron chi connectivity index (χ1n) is 11.1. The van der Waals surface area contributed by atoms with Crippen LogP contribution < -0.4 is 5.32 Å². The van der Waals surface area contributed by atoms with Gasteiger partial charge in [0.2, 0.25) is 0 Å². The van der Waals surface area contributed by atoms with Crippen LogP contribution in [0.25, 0.3) is 0 Å². The molecule has 0 bridgehead atoms. The van der Waals surface area contributed by atoms with Crippen LogP contribution in [0.3, 0.4) is 0 Å². The van der Waals surface area contributed by atoms with Gasteiger partial charge in [-0.25, -0.2) is 23.4 Å². The number of aliphatic carboxylic acids is 1. The normalized spacial score (nSPS) is 22.3. The molecule has 2 N–H and O–H groups in total. The van der Waals surface area contributed by atoms with Gasteiger partial charge in [0.1, 0.15) is 30.7 Å². The van der Waals surface area contributed by atoms with Crippen LogP contribution in [0.2, 0.25) is 5.02 Å². The fourth-order valence-electron chi connectivity index (χ4n) is 4.06. The van der Waals surface area contributed by atoms with Crippen LogP contribution in [-0.2, 0) is 19.1 Å². The molecule has 9 nitrogen and oxygen atoms in total. The third-order valence-electron chi connectivity index (χ3n) is 5.59. The SMILES string of the molecule is CCOC(=O)C1=C(CN2C[C@@H](F)[C@H](OCC(=O)O)C2)NC(c2nccs2)=NC1c1ccc(F)cc1Cl. The summed E-state index contributed by atoms with van der Waals surface area (Å²) in [6.45, 7) is 1.32. The van der Waals surface area contributed by atoms with Gasteiger partial charge in [-0.1, -0.05) is 17.7 Å². The maximum atomic E-state index is 14.6. The molecule has 1 saturated heterocycles. The van der Waals surface area contributed by atoms with E-state index < -0.39 is 42.7 Å². The number of thiazole rings is 1. The number of nitrogens with zero attached hydrogens (tertiary/aromatic N) is 3. The number of hydrogen-bond acceptors (Lipinski definition) is 9. The third-order valence-corrected chi connectivity index (χ3v) is 6.70. The molecule has 0 amide bonds. The zero-order valence-electron chi connectivity index (χ0n) is 19.1. The van der Waals surface area contributed by atoms with Gasteiger partial charge in [-0.3, -0.25) is 9.89 Å². The minimum atomic E-state index is -1.41. The Kier molecular flexibility index (Phi) is 8.29. The minimum Gasteiger partial charge on any atom is -0.480 e. The molecule has 1 aromatic carbocycles. The van der Waals surface area contributed by atoms with Gasteiger partial charge in [0.05, 0.1) is 12.2 Å². The van der Waals surface area contributed by atoms with Gasteiger partial charge in [0.25, 0.3) is 0 Å². The topological polar surface area (TPSA) is 113 Å². The molecule has 4 rings (SSSR count). The maximum Gasteiger partial charge on any atom is 0.338 e. The van der Waals surface area contributed by atoms with Gasteiger partial charge >= 0.3 is 11.9 Å². The molecular weight excluding hydrogens is 518 g/mol. The van der Waals surface area contributed by atoms with E-state index in [9.17, 15) is 18.4 Å². The molecule has 3 atom stereocenters. The van der Waals surface area contributed by atoms with Crippen LogP contribution in [-0.4, -0.2) is 77.9 Å². The third kappa shape index (κ3) is 5.89. The highest BCUT2D eigenvalue weighted by molar-refractivity contribution is 7.11. The number of likely N-dealkylation sites (tertiary alicyclic amines) is 1. The largest absolute Gasteiger partial charge is 0.480 e. The van der Waals surface area contributed by atoms with E-state index in [0.717, 1.165) is 6.07 Å². The van der Waals surface area contributed by atoms with E-state index in [1.807, 2.05) is 0 Å². The van der Waals surface area contributed by atoms with Crippen molar-refractivity contribution in [1.29, 1.82) is 0 Å². The van der Waals surface area contributed by atoms with Crippen LogP contribution in [0.4, 0.5) is 8.78 Å². The Morgan fingerprint density at radius 3 is 2.83 bits per heavy atom. The van der Waals surface area contributed by atoms with E-state index >= 15 is 0 Å². The lowest BCUT2D eigenvalue weighted by molar-refractivity contribution is -0.145. The van der Waals surface area contributed by atoms with Gasteiger partial charge in [-0.15, -0.1) is 11.3 Å². The number of amidine groups is 1. The van der Waals surface area contributed by atoms with Crippen molar-refractivity contribution in [2.24, 2.45) is 4.99 Å². The number of nitrogens with one attached hydrogen (secondary N) is 1. The number of aromatic nitrogens is 1. The van der Waals surface area contributed by atoms with Gasteiger partial charge < -0.3 is 19.9 Å². The Morgan fingerprint density at radius 1 is 1.36 bits per heavy atom. The summed E-state index contributed by atoms with van der Waals surface area (Å²) in [5.41, 5.74) is 0.933. The van der Waals surface area contributed by atoms with Crippen LogP contribution in [0.15, 0.2) is 46.0 Å². The van der Waals surface area contributed by atoms with Crippen molar-refractivity contribution in [2.45, 2.75) is 25.2 Å². The number of carboxylic acids is 1. The van der Waals surface area contributed by atoms with E-state index in [-0.39, 0.29) is 36.8 Å². The number of ether oxygens (including phenoxy) is 2. The number of carboxylic acid groups (broad SMARTS) is 1. The quantitative estimate of drug-likeness (QED) is 0.467. The first-order valence-corrected chi connectivity index (χ1v) is 12.3. The molecule has 1 unspecified atom stereocenters. The van der Waals surface area contributed by atoms with Crippen molar-refractivity contribution in [3.63, 3.8) is 0 Å². The monoisotopic (exact) mass is 540 g/mol. The Balaban J connectivity index is 1.72. The van der Waals surface area contributed by atoms with Gasteiger partial charge in [0.15, 0.2) is 10.8 Å². The lowest BCUT2D eigenvalue weighted by atomic mass is 9.95. The first-order chi connectivity index (χ1) is 17.3. The number of esters is 1. The minimum absolute atomic E-state index is 0.0305. The van der Waals surface area contributed by atoms with Crippen molar-refractivity contribution in [2.75, 3.05) is 32.8 Å². The number of benzene rings is 1. The van der Waals surface area contributed by atoms with E-state index in [1.54, 1.807) is 23.4 Å². The van der Waals surface area contributed by atoms with E-state index in [0.29, 0.717) is 22.1 Å². The fourth-order valence-corrected chi connectivity index (χ4v) is 4.92. The van der Waals surface area contributed by atoms with Crippen molar-refractivity contribution < 1.29 is 33.0 Å². The molecule has 0 aliphatic carbocycles. The van der Waals surface area contributed by atoms with Crippen molar-refractivity contribution >= 4 is 40.7 Å². The van der Waals surface area contributed by atoms with Crippen LogP contribution in [0.5, 0.6) is 0 Å². The Morgan fingerprint density at radius 2 is 2.17 bits per heavy atom. The van der Waals surface area contributed by atoms with Gasteiger partial charge in [0, 0.05) is 47.5 Å². The summed E-state index contributed by atoms with van der Waals surface area (Å²) in [5, 5.41) is 14.4. The van der Waals surface area contributed by atoms with Crippen molar-refractivity contribution in [3.05, 3.63) is 62.5 Å². The molecule has 0 radical (unpaired) electrons. The number of carbonyl (C=O) groups excluding carboxylic acids is 1. The molecule has 192 valence electrons. The maximum absolute atomic E-state index is 14.6. The van der Waals surface area contributed by atoms with Crippen molar-refractivity contribution in [1.82, 2.24) is 15.2 Å². The predicted octanol–water partition coefficient (Wildman–Crippen LogP) is 2.97. The molecule has 1 fully saturated rings. The van der Waals surface area contributed by atoms with Crippen LogP contribution in [0, 0.1) is 5.82 Å². The lowest BCUT2D eigenvalue weighted by Gasteiger charge is -2.29. The molecule has 2 aliphatic rings. The zero-order valence-corrected chi connectivity index (χ0v) is 20.7. The summed E-state index contributed by atoms with van der Waals surface area (Å²) in [7, 11) is 0. The summed E-state index contributed by atoms with van der Waals surface area (Å²) in [6.07, 6.45) is -0.729. The number of alkyl halides is 1. The second-order valence-corrected chi connectivity index (χ2v) is 9.38. The number of halogens is 3. The Hall–Kier alpha value is -2.93.